The van der Waals surface area contributed by atoms with Gasteiger partial charge < -0.3 is 14.6 Å². The molecule has 1 aliphatic heterocycles. The van der Waals surface area contributed by atoms with Crippen LogP contribution in [0.2, 0.25) is 0 Å². The second-order valence-electron chi connectivity index (χ2n) is 5.57. The fourth-order valence-electron chi connectivity index (χ4n) is 2.64. The van der Waals surface area contributed by atoms with E-state index in [0.29, 0.717) is 5.92 Å². The van der Waals surface area contributed by atoms with E-state index in [4.69, 9.17) is 4.74 Å². The molecule has 4 heteroatoms. The van der Waals surface area contributed by atoms with E-state index in [9.17, 15) is 0 Å². The standard InChI is InChI=1S/C14H23N3O/c1(7-18-10-12-2-3-12)6-17-11-16-9-14(17)13-4-5-15-8-13/h9,11-13,15H,1-8,10H2. The van der Waals surface area contributed by atoms with Crippen LogP contribution in [0.25, 0.3) is 0 Å². The Balaban J connectivity index is 1.42. The fraction of sp³-hybridized carbons (Fsp3) is 0.786. The Hall–Kier alpha value is -0.870. The number of rotatable bonds is 7. The molecule has 1 aromatic heterocycles. The third kappa shape index (κ3) is 3.12. The average molecular weight is 249 g/mol. The van der Waals surface area contributed by atoms with Crippen LogP contribution >= 0.6 is 0 Å². The average Bonchev–Trinajstić information content (AvgIpc) is 2.89. The zero-order valence-electron chi connectivity index (χ0n) is 11.0. The third-order valence-electron chi connectivity index (χ3n) is 3.96. The Morgan fingerprint density at radius 3 is 3.11 bits per heavy atom. The van der Waals surface area contributed by atoms with E-state index < -0.39 is 0 Å². The Morgan fingerprint density at radius 2 is 2.33 bits per heavy atom. The summed E-state index contributed by atoms with van der Waals surface area (Å²) in [5.74, 6) is 1.53. The predicted octanol–water partition coefficient (Wildman–Crippen LogP) is 1.78. The molecule has 1 atom stereocenters. The van der Waals surface area contributed by atoms with Gasteiger partial charge in [-0.05, 0) is 38.1 Å². The molecule has 1 saturated carbocycles. The van der Waals surface area contributed by atoms with Crippen molar-refractivity contribution in [1.29, 1.82) is 0 Å². The van der Waals surface area contributed by atoms with Crippen LogP contribution in [-0.4, -0.2) is 35.9 Å². The van der Waals surface area contributed by atoms with Crippen LogP contribution in [0.1, 0.15) is 37.3 Å². The number of aromatic nitrogens is 2. The molecular formula is C14H23N3O. The van der Waals surface area contributed by atoms with Crippen molar-refractivity contribution < 1.29 is 4.74 Å². The van der Waals surface area contributed by atoms with Gasteiger partial charge in [0.05, 0.1) is 6.33 Å². The summed E-state index contributed by atoms with van der Waals surface area (Å²) in [7, 11) is 0. The molecule has 4 nitrogen and oxygen atoms in total. The molecule has 3 rings (SSSR count). The number of nitrogens with one attached hydrogen (secondary N) is 1. The lowest BCUT2D eigenvalue weighted by molar-refractivity contribution is 0.119. The number of imidazole rings is 1. The maximum atomic E-state index is 5.68. The summed E-state index contributed by atoms with van der Waals surface area (Å²) in [6.45, 7) is 5.14. The van der Waals surface area contributed by atoms with E-state index in [1.165, 1.54) is 25.0 Å². The molecule has 0 aromatic carbocycles. The van der Waals surface area contributed by atoms with E-state index in [2.05, 4.69) is 14.9 Å². The molecule has 0 radical (unpaired) electrons. The highest BCUT2D eigenvalue weighted by atomic mass is 16.5. The van der Waals surface area contributed by atoms with Crippen molar-refractivity contribution >= 4 is 0 Å². The zero-order valence-corrected chi connectivity index (χ0v) is 11.0. The van der Waals surface area contributed by atoms with Gasteiger partial charge in [0.2, 0.25) is 0 Å². The molecule has 2 heterocycles. The van der Waals surface area contributed by atoms with Gasteiger partial charge in [-0.1, -0.05) is 0 Å². The molecule has 100 valence electrons. The van der Waals surface area contributed by atoms with Crippen molar-refractivity contribution in [3.63, 3.8) is 0 Å². The van der Waals surface area contributed by atoms with Crippen LogP contribution in [-0.2, 0) is 11.3 Å². The van der Waals surface area contributed by atoms with E-state index in [0.717, 1.165) is 45.2 Å². The highest BCUT2D eigenvalue weighted by Gasteiger charge is 2.21. The summed E-state index contributed by atoms with van der Waals surface area (Å²) in [6.07, 6.45) is 9.08. The molecule has 0 bridgehead atoms. The van der Waals surface area contributed by atoms with Crippen molar-refractivity contribution in [2.75, 3.05) is 26.3 Å². The topological polar surface area (TPSA) is 39.1 Å². The highest BCUT2D eigenvalue weighted by Crippen LogP contribution is 2.28. The minimum atomic E-state index is 0.653. The Morgan fingerprint density at radius 1 is 1.39 bits per heavy atom. The predicted molar refractivity (Wildman–Crippen MR) is 70.6 cm³/mol. The molecule has 2 fully saturated rings. The molecule has 0 amide bonds. The summed E-state index contributed by atoms with van der Waals surface area (Å²) in [5.41, 5.74) is 1.39. The quantitative estimate of drug-likeness (QED) is 0.749. The van der Waals surface area contributed by atoms with Crippen LogP contribution < -0.4 is 5.32 Å². The van der Waals surface area contributed by atoms with E-state index in [1.807, 2.05) is 12.5 Å². The van der Waals surface area contributed by atoms with Crippen LogP contribution in [0.5, 0.6) is 0 Å². The molecule has 1 aliphatic carbocycles. The highest BCUT2D eigenvalue weighted by molar-refractivity contribution is 5.09. The second-order valence-corrected chi connectivity index (χ2v) is 5.57. The first-order valence-electron chi connectivity index (χ1n) is 7.22. The van der Waals surface area contributed by atoms with Crippen LogP contribution in [0.4, 0.5) is 0 Å². The maximum absolute atomic E-state index is 5.68. The van der Waals surface area contributed by atoms with Crippen LogP contribution in [0.3, 0.4) is 0 Å². The van der Waals surface area contributed by atoms with Crippen molar-refractivity contribution in [3.05, 3.63) is 18.2 Å². The normalized spacial score (nSPS) is 23.7. The fourth-order valence-corrected chi connectivity index (χ4v) is 2.64. The van der Waals surface area contributed by atoms with Gasteiger partial charge in [-0.2, -0.15) is 0 Å². The van der Waals surface area contributed by atoms with E-state index in [-0.39, 0.29) is 0 Å². The lowest BCUT2D eigenvalue weighted by Gasteiger charge is -2.12. The van der Waals surface area contributed by atoms with Crippen molar-refractivity contribution in [3.8, 4) is 0 Å². The van der Waals surface area contributed by atoms with Gasteiger partial charge in [0, 0.05) is 44.1 Å². The Labute approximate surface area is 109 Å². The summed E-state index contributed by atoms with van der Waals surface area (Å²) in [6, 6.07) is 0. The minimum Gasteiger partial charge on any atom is -0.381 e. The van der Waals surface area contributed by atoms with E-state index in [1.54, 1.807) is 0 Å². The molecule has 1 unspecified atom stereocenters. The van der Waals surface area contributed by atoms with Crippen molar-refractivity contribution in [2.45, 2.75) is 38.1 Å². The van der Waals surface area contributed by atoms with Gasteiger partial charge >= 0.3 is 0 Å². The number of aryl methyl sites for hydroxylation is 1. The molecule has 1 N–H and O–H groups in total. The van der Waals surface area contributed by atoms with Gasteiger partial charge in [0.25, 0.3) is 0 Å². The van der Waals surface area contributed by atoms with Crippen LogP contribution in [0.15, 0.2) is 12.5 Å². The SMILES string of the molecule is c1ncn(CCCOCC2CC2)c1C1CCNC1. The first-order valence-corrected chi connectivity index (χ1v) is 7.22. The third-order valence-corrected chi connectivity index (χ3v) is 3.96. The van der Waals surface area contributed by atoms with Crippen molar-refractivity contribution in [2.24, 2.45) is 5.92 Å². The second kappa shape index (κ2) is 5.85. The van der Waals surface area contributed by atoms with Gasteiger partial charge in [0.15, 0.2) is 0 Å². The van der Waals surface area contributed by atoms with Gasteiger partial charge in [-0.3, -0.25) is 0 Å². The zero-order chi connectivity index (χ0) is 12.2. The molecular weight excluding hydrogens is 226 g/mol. The molecule has 18 heavy (non-hydrogen) atoms. The maximum Gasteiger partial charge on any atom is 0.0948 e. The van der Waals surface area contributed by atoms with E-state index >= 15 is 0 Å². The smallest absolute Gasteiger partial charge is 0.0948 e. The molecule has 1 aromatic rings. The Kier molecular flexibility index (Phi) is 3.96. The summed E-state index contributed by atoms with van der Waals surface area (Å²) in [4.78, 5) is 4.30. The van der Waals surface area contributed by atoms with Crippen LogP contribution in [0, 0.1) is 5.92 Å². The summed E-state index contributed by atoms with van der Waals surface area (Å²) < 4.78 is 7.98. The number of ether oxygens (including phenoxy) is 1. The number of nitrogens with zero attached hydrogens (tertiary/aromatic N) is 2. The van der Waals surface area contributed by atoms with Gasteiger partial charge in [-0.25, -0.2) is 4.98 Å². The lowest BCUT2D eigenvalue weighted by Crippen LogP contribution is -2.12. The van der Waals surface area contributed by atoms with Crippen molar-refractivity contribution in [1.82, 2.24) is 14.9 Å². The monoisotopic (exact) mass is 249 g/mol. The molecule has 2 aliphatic rings. The molecule has 1 saturated heterocycles. The largest absolute Gasteiger partial charge is 0.381 e. The minimum absolute atomic E-state index is 0.653. The lowest BCUT2D eigenvalue weighted by atomic mass is 10.1. The summed E-state index contributed by atoms with van der Waals surface area (Å²) >= 11 is 0. The number of hydrogen-bond acceptors (Lipinski definition) is 3. The first-order chi connectivity index (χ1) is 8.93. The number of hydrogen-bond donors (Lipinski definition) is 1. The Bertz CT molecular complexity index is 367. The van der Waals surface area contributed by atoms with Gasteiger partial charge in [-0.15, -0.1) is 0 Å². The molecule has 0 spiro atoms. The first kappa shape index (κ1) is 12.2. The van der Waals surface area contributed by atoms with Gasteiger partial charge in [0.1, 0.15) is 0 Å². The summed E-state index contributed by atoms with van der Waals surface area (Å²) in [5, 5.41) is 3.42.